The lowest BCUT2D eigenvalue weighted by molar-refractivity contribution is -0.133. The first-order valence-electron chi connectivity index (χ1n) is 10.1. The van der Waals surface area contributed by atoms with E-state index in [0.29, 0.717) is 19.7 Å². The second-order valence-electron chi connectivity index (χ2n) is 8.06. The average Bonchev–Trinajstić information content (AvgIpc) is 3.11. The van der Waals surface area contributed by atoms with Gasteiger partial charge in [0.15, 0.2) is 0 Å². The van der Waals surface area contributed by atoms with E-state index in [1.165, 1.54) is 34.6 Å². The molecular weight excluding hydrogens is 471 g/mol. The largest absolute Gasteiger partial charge is 0.486 e. The quantitative estimate of drug-likeness (QED) is 0.647. The zero-order valence-corrected chi connectivity index (χ0v) is 19.2. The summed E-state index contributed by atoms with van der Waals surface area (Å²) in [5, 5.41) is 18.6. The molecule has 0 N–H and O–H groups in total. The first kappa shape index (κ1) is 23.4. The second kappa shape index (κ2) is 8.90. The van der Waals surface area contributed by atoms with E-state index in [9.17, 15) is 18.1 Å². The Hall–Kier alpha value is -2.73. The summed E-state index contributed by atoms with van der Waals surface area (Å²) in [6, 6.07) is 11.5. The Morgan fingerprint density at radius 3 is 2.61 bits per heavy atom. The molecule has 33 heavy (non-hydrogen) atoms. The predicted octanol–water partition coefficient (Wildman–Crippen LogP) is 2.38. The highest BCUT2D eigenvalue weighted by molar-refractivity contribution is 7.89. The summed E-state index contributed by atoms with van der Waals surface area (Å²) in [5.41, 5.74) is -1.17. The van der Waals surface area contributed by atoms with Gasteiger partial charge >= 0.3 is 0 Å². The van der Waals surface area contributed by atoms with E-state index in [-0.39, 0.29) is 39.9 Å². The molecule has 4 rings (SSSR count). The number of hydrogen-bond donors (Lipinski definition) is 0. The Labute approximate surface area is 196 Å². The van der Waals surface area contributed by atoms with Crippen LogP contribution in [0.25, 0.3) is 0 Å². The van der Waals surface area contributed by atoms with Gasteiger partial charge < -0.3 is 14.4 Å². The average molecular weight is 491 g/mol. The summed E-state index contributed by atoms with van der Waals surface area (Å²) >= 11 is 5.93. The summed E-state index contributed by atoms with van der Waals surface area (Å²) in [7, 11) is -2.18. The monoisotopic (exact) mass is 490 g/mol. The van der Waals surface area contributed by atoms with Crippen LogP contribution in [0.1, 0.15) is 11.1 Å². The summed E-state index contributed by atoms with van der Waals surface area (Å²) in [6.07, 6.45) is -0.750. The van der Waals surface area contributed by atoms with Gasteiger partial charge in [-0.1, -0.05) is 11.6 Å². The molecule has 11 heteroatoms. The van der Waals surface area contributed by atoms with Crippen LogP contribution in [0.15, 0.2) is 41.3 Å². The van der Waals surface area contributed by atoms with Gasteiger partial charge in [0.1, 0.15) is 40.3 Å². The van der Waals surface area contributed by atoms with E-state index in [1.807, 2.05) is 18.0 Å². The Balaban J connectivity index is 1.69. The van der Waals surface area contributed by atoms with Crippen LogP contribution in [0.3, 0.4) is 0 Å². The fourth-order valence-electron chi connectivity index (χ4n) is 4.20. The molecule has 8 nitrogen and oxygen atoms in total. The molecule has 0 radical (unpaired) electrons. The van der Waals surface area contributed by atoms with Crippen LogP contribution in [-0.4, -0.2) is 69.2 Å². The number of rotatable bonds is 4. The third kappa shape index (κ3) is 4.41. The van der Waals surface area contributed by atoms with Gasteiger partial charge in [-0.15, -0.1) is 0 Å². The van der Waals surface area contributed by atoms with Gasteiger partial charge in [-0.25, -0.2) is 12.8 Å². The highest BCUT2D eigenvalue weighted by Gasteiger charge is 2.54. The minimum absolute atomic E-state index is 0.00338. The van der Waals surface area contributed by atoms with Gasteiger partial charge in [-0.3, -0.25) is 0 Å². The number of nitrogens with zero attached hydrogens (tertiary/aromatic N) is 4. The molecule has 2 aromatic carbocycles. The molecule has 2 aliphatic heterocycles. The van der Waals surface area contributed by atoms with E-state index in [0.717, 1.165) is 6.07 Å². The van der Waals surface area contributed by atoms with Gasteiger partial charge in [0.25, 0.3) is 0 Å². The molecule has 0 unspecified atom stereocenters. The topological polar surface area (TPSA) is 107 Å². The first-order valence-corrected chi connectivity index (χ1v) is 11.9. The molecule has 2 aromatic rings. The zero-order chi connectivity index (χ0) is 23.8. The number of likely N-dealkylation sites (N-methyl/N-ethyl adjacent to an activating group) is 1. The van der Waals surface area contributed by atoms with Gasteiger partial charge in [0.2, 0.25) is 10.0 Å². The number of morpholine rings is 1. The Morgan fingerprint density at radius 2 is 1.94 bits per heavy atom. The molecule has 0 saturated carbocycles. The Morgan fingerprint density at radius 1 is 1.18 bits per heavy atom. The molecule has 0 bridgehead atoms. The summed E-state index contributed by atoms with van der Waals surface area (Å²) in [6.45, 7) is 1.37. The number of nitriles is 2. The summed E-state index contributed by atoms with van der Waals surface area (Å²) in [5.74, 6) is -0.566. The number of halogens is 2. The zero-order valence-electron chi connectivity index (χ0n) is 17.7. The lowest BCUT2D eigenvalue weighted by Crippen LogP contribution is -2.58. The third-order valence-electron chi connectivity index (χ3n) is 5.82. The van der Waals surface area contributed by atoms with Crippen LogP contribution >= 0.6 is 11.6 Å². The molecule has 2 atom stereocenters. The van der Waals surface area contributed by atoms with Gasteiger partial charge in [0, 0.05) is 30.7 Å². The van der Waals surface area contributed by atoms with Crippen molar-refractivity contribution in [2.24, 2.45) is 0 Å². The van der Waals surface area contributed by atoms with Gasteiger partial charge in [-0.05, 0) is 37.4 Å². The molecule has 0 aliphatic carbocycles. The molecule has 2 heterocycles. The van der Waals surface area contributed by atoms with Crippen LogP contribution in [-0.2, 0) is 14.8 Å². The normalized spacial score (nSPS) is 23.8. The number of sulfonamides is 1. The molecule has 0 aromatic heterocycles. The van der Waals surface area contributed by atoms with Crippen LogP contribution in [0.2, 0.25) is 5.02 Å². The van der Waals surface area contributed by atoms with E-state index in [1.54, 1.807) is 6.07 Å². The molecule has 2 fully saturated rings. The van der Waals surface area contributed by atoms with Crippen molar-refractivity contribution in [1.29, 1.82) is 10.5 Å². The van der Waals surface area contributed by atoms with Crippen molar-refractivity contribution in [3.63, 3.8) is 0 Å². The highest BCUT2D eigenvalue weighted by atomic mass is 35.5. The molecule has 2 saturated heterocycles. The molecule has 2 aliphatic rings. The Bertz CT molecular complexity index is 1280. The SMILES string of the molecule is CN1CCO[C@]2(C1)CN(S(=O)(=O)c1ccc(Cl)cc1C#N)C[C@@H]2Oc1ccc(C#N)c(F)c1. The minimum Gasteiger partial charge on any atom is -0.486 e. The molecular formula is C22H20ClFN4O4S. The van der Waals surface area contributed by atoms with Crippen molar-refractivity contribution in [2.45, 2.75) is 16.6 Å². The molecule has 0 amide bonds. The maximum Gasteiger partial charge on any atom is 0.244 e. The van der Waals surface area contributed by atoms with Crippen molar-refractivity contribution in [1.82, 2.24) is 9.21 Å². The second-order valence-corrected chi connectivity index (χ2v) is 10.4. The van der Waals surface area contributed by atoms with Crippen LogP contribution in [0.5, 0.6) is 5.75 Å². The number of hydrogen-bond acceptors (Lipinski definition) is 7. The van der Waals surface area contributed by atoms with Gasteiger partial charge in [0.05, 0.1) is 24.3 Å². The number of benzene rings is 2. The summed E-state index contributed by atoms with van der Waals surface area (Å²) < 4.78 is 54.4. The van der Waals surface area contributed by atoms with Crippen LogP contribution in [0.4, 0.5) is 4.39 Å². The maximum atomic E-state index is 14.1. The smallest absolute Gasteiger partial charge is 0.244 e. The van der Waals surface area contributed by atoms with E-state index < -0.39 is 27.5 Å². The van der Waals surface area contributed by atoms with Crippen molar-refractivity contribution < 1.29 is 22.3 Å². The molecule has 172 valence electrons. The molecule has 1 spiro atoms. The lowest BCUT2D eigenvalue weighted by Gasteiger charge is -2.41. The minimum atomic E-state index is -4.08. The fraction of sp³-hybridized carbons (Fsp3) is 0.364. The number of ether oxygens (including phenoxy) is 2. The maximum absolute atomic E-state index is 14.1. The standard InChI is InChI=1S/C22H20ClFN4O4S/c1-27-6-7-31-22(13-27)14-28(33(29,30)20-5-3-17(23)8-16(20)11-26)12-21(22)32-18-4-2-15(10-25)19(24)9-18/h2-5,8-9,21H,6-7,12-14H2,1H3/t21-,22+/m0/s1. The fourth-order valence-corrected chi connectivity index (χ4v) is 5.99. The van der Waals surface area contributed by atoms with E-state index in [2.05, 4.69) is 0 Å². The van der Waals surface area contributed by atoms with E-state index in [4.69, 9.17) is 26.3 Å². The summed E-state index contributed by atoms with van der Waals surface area (Å²) in [4.78, 5) is 1.86. The van der Waals surface area contributed by atoms with E-state index >= 15 is 0 Å². The van der Waals surface area contributed by atoms with Crippen molar-refractivity contribution in [3.8, 4) is 17.9 Å². The van der Waals surface area contributed by atoms with Crippen LogP contribution < -0.4 is 4.74 Å². The van der Waals surface area contributed by atoms with Gasteiger partial charge in [-0.2, -0.15) is 14.8 Å². The highest BCUT2D eigenvalue weighted by Crippen LogP contribution is 2.36. The third-order valence-corrected chi connectivity index (χ3v) is 7.92. The lowest BCUT2D eigenvalue weighted by atomic mass is 9.97. The van der Waals surface area contributed by atoms with Crippen molar-refractivity contribution in [2.75, 3.05) is 39.8 Å². The van der Waals surface area contributed by atoms with Crippen molar-refractivity contribution >= 4 is 21.6 Å². The van der Waals surface area contributed by atoms with Crippen molar-refractivity contribution in [3.05, 3.63) is 58.4 Å². The Kier molecular flexibility index (Phi) is 6.32. The van der Waals surface area contributed by atoms with Crippen LogP contribution in [0, 0.1) is 28.5 Å². The first-order chi connectivity index (χ1) is 15.7. The predicted molar refractivity (Wildman–Crippen MR) is 117 cm³/mol.